The maximum absolute atomic E-state index is 11.8. The number of halogens is 1. The van der Waals surface area contributed by atoms with Crippen molar-refractivity contribution in [1.82, 2.24) is 4.57 Å². The summed E-state index contributed by atoms with van der Waals surface area (Å²) in [5.74, 6) is 0. The van der Waals surface area contributed by atoms with Crippen molar-refractivity contribution in [2.45, 2.75) is 31.2 Å². The Morgan fingerprint density at radius 2 is 1.78 bits per heavy atom. The van der Waals surface area contributed by atoms with Gasteiger partial charge in [0.1, 0.15) is 4.90 Å². The molecule has 3 rings (SSSR count). The molecule has 0 atom stereocenters. The van der Waals surface area contributed by atoms with Crippen LogP contribution in [0.25, 0.3) is 11.3 Å². The van der Waals surface area contributed by atoms with Crippen molar-refractivity contribution in [3.63, 3.8) is 0 Å². The molecule has 0 saturated heterocycles. The number of thiazole rings is 1. The molecule has 5 nitrogen and oxygen atoms in total. The molecular weight excluding hydrogens is 402 g/mol. The van der Waals surface area contributed by atoms with Gasteiger partial charge >= 0.3 is 0 Å². The van der Waals surface area contributed by atoms with Crippen LogP contribution in [0.3, 0.4) is 0 Å². The van der Waals surface area contributed by atoms with E-state index in [1.165, 1.54) is 17.4 Å². The van der Waals surface area contributed by atoms with Crippen LogP contribution in [0, 0.1) is 0 Å². The SMILES string of the molecule is CC(C)(C)n1c(-c2ccc(Cl)c(S(N)(=O)=O)c2)csc1=Nc1ccccc1. The van der Waals surface area contributed by atoms with E-state index in [2.05, 4.69) is 25.3 Å². The molecule has 0 saturated carbocycles. The Morgan fingerprint density at radius 3 is 2.37 bits per heavy atom. The first-order valence-corrected chi connectivity index (χ1v) is 11.0. The zero-order valence-electron chi connectivity index (χ0n) is 15.2. The molecule has 1 heterocycles. The Labute approximate surface area is 167 Å². The molecule has 142 valence electrons. The Balaban J connectivity index is 2.26. The third-order valence-corrected chi connectivity index (χ3v) is 6.11. The van der Waals surface area contributed by atoms with E-state index in [0.29, 0.717) is 5.56 Å². The summed E-state index contributed by atoms with van der Waals surface area (Å²) in [7, 11) is -3.92. The van der Waals surface area contributed by atoms with Gasteiger partial charge in [0.05, 0.1) is 16.4 Å². The fourth-order valence-electron chi connectivity index (χ4n) is 2.73. The average molecular weight is 422 g/mol. The molecule has 0 fully saturated rings. The number of primary sulfonamides is 1. The summed E-state index contributed by atoms with van der Waals surface area (Å²) in [5, 5.41) is 7.37. The van der Waals surface area contributed by atoms with Crippen LogP contribution in [0.5, 0.6) is 0 Å². The smallest absolute Gasteiger partial charge is 0.239 e. The number of rotatable bonds is 3. The van der Waals surface area contributed by atoms with E-state index in [1.54, 1.807) is 12.1 Å². The molecule has 0 unspecified atom stereocenters. The zero-order chi connectivity index (χ0) is 19.8. The van der Waals surface area contributed by atoms with Crippen molar-refractivity contribution in [2.24, 2.45) is 10.1 Å². The van der Waals surface area contributed by atoms with Crippen LogP contribution < -0.4 is 9.94 Å². The highest BCUT2D eigenvalue weighted by Gasteiger charge is 2.22. The number of hydrogen-bond acceptors (Lipinski definition) is 4. The van der Waals surface area contributed by atoms with Crippen molar-refractivity contribution in [2.75, 3.05) is 0 Å². The van der Waals surface area contributed by atoms with E-state index in [1.807, 2.05) is 35.7 Å². The standard InChI is InChI=1S/C19H20ClN3O2S2/c1-19(2,3)23-16(12-26-18(23)22-14-7-5-4-6-8-14)13-9-10-15(20)17(11-13)27(21,24)25/h4-12H,1-3H3,(H2,21,24,25). The van der Waals surface area contributed by atoms with Gasteiger partial charge in [0.25, 0.3) is 0 Å². The summed E-state index contributed by atoms with van der Waals surface area (Å²) < 4.78 is 25.8. The summed E-state index contributed by atoms with van der Waals surface area (Å²) in [6.45, 7) is 6.22. The van der Waals surface area contributed by atoms with Crippen LogP contribution in [0.4, 0.5) is 5.69 Å². The second kappa shape index (κ2) is 7.24. The van der Waals surface area contributed by atoms with Crippen molar-refractivity contribution in [3.05, 3.63) is 63.7 Å². The highest BCUT2D eigenvalue weighted by molar-refractivity contribution is 7.89. The lowest BCUT2D eigenvalue weighted by Crippen LogP contribution is -2.31. The fraction of sp³-hybridized carbons (Fsp3) is 0.211. The van der Waals surface area contributed by atoms with Crippen LogP contribution in [0.15, 0.2) is 63.8 Å². The summed E-state index contributed by atoms with van der Waals surface area (Å²) in [5.41, 5.74) is 2.14. The zero-order valence-corrected chi connectivity index (χ0v) is 17.6. The van der Waals surface area contributed by atoms with Gasteiger partial charge in [0.2, 0.25) is 10.0 Å². The fourth-order valence-corrected chi connectivity index (χ4v) is 4.90. The Kier molecular flexibility index (Phi) is 5.31. The monoisotopic (exact) mass is 421 g/mol. The normalized spacial score (nSPS) is 13.1. The second-order valence-electron chi connectivity index (χ2n) is 7.05. The molecule has 2 N–H and O–H groups in total. The predicted molar refractivity (Wildman–Crippen MR) is 111 cm³/mol. The predicted octanol–water partition coefficient (Wildman–Crippen LogP) is 4.50. The van der Waals surface area contributed by atoms with Crippen LogP contribution >= 0.6 is 22.9 Å². The molecule has 0 aliphatic heterocycles. The van der Waals surface area contributed by atoms with Crippen molar-refractivity contribution >= 4 is 38.6 Å². The van der Waals surface area contributed by atoms with Crippen molar-refractivity contribution in [1.29, 1.82) is 0 Å². The van der Waals surface area contributed by atoms with Gasteiger partial charge in [-0.3, -0.25) is 0 Å². The summed E-state index contributed by atoms with van der Waals surface area (Å²) in [6.07, 6.45) is 0. The third kappa shape index (κ3) is 4.32. The average Bonchev–Trinajstić information content (AvgIpc) is 2.99. The van der Waals surface area contributed by atoms with E-state index in [0.717, 1.165) is 16.2 Å². The number of para-hydroxylation sites is 1. The van der Waals surface area contributed by atoms with Crippen LogP contribution in [0.1, 0.15) is 20.8 Å². The molecule has 8 heteroatoms. The minimum Gasteiger partial charge on any atom is -0.311 e. The first-order valence-electron chi connectivity index (χ1n) is 8.21. The van der Waals surface area contributed by atoms with Crippen LogP contribution in [0.2, 0.25) is 5.02 Å². The largest absolute Gasteiger partial charge is 0.311 e. The maximum atomic E-state index is 11.8. The molecular formula is C19H20ClN3O2S2. The van der Waals surface area contributed by atoms with E-state index < -0.39 is 10.0 Å². The van der Waals surface area contributed by atoms with Gasteiger partial charge in [-0.15, -0.1) is 11.3 Å². The summed E-state index contributed by atoms with van der Waals surface area (Å²) in [4.78, 5) is 5.48. The lowest BCUT2D eigenvalue weighted by Gasteiger charge is -2.24. The third-order valence-electron chi connectivity index (χ3n) is 3.89. The molecule has 0 radical (unpaired) electrons. The number of sulfonamides is 1. The molecule has 0 aliphatic rings. The van der Waals surface area contributed by atoms with Gasteiger partial charge in [-0.25, -0.2) is 18.5 Å². The number of aromatic nitrogens is 1. The number of nitrogens with zero attached hydrogens (tertiary/aromatic N) is 2. The number of hydrogen-bond donors (Lipinski definition) is 1. The van der Waals surface area contributed by atoms with E-state index in [-0.39, 0.29) is 15.5 Å². The van der Waals surface area contributed by atoms with Gasteiger partial charge in [0, 0.05) is 16.5 Å². The Morgan fingerprint density at radius 1 is 1.11 bits per heavy atom. The van der Waals surface area contributed by atoms with Gasteiger partial charge in [-0.1, -0.05) is 35.9 Å². The van der Waals surface area contributed by atoms with Gasteiger partial charge < -0.3 is 4.57 Å². The topological polar surface area (TPSA) is 77.5 Å². The molecule has 0 spiro atoms. The van der Waals surface area contributed by atoms with E-state index in [4.69, 9.17) is 21.7 Å². The van der Waals surface area contributed by atoms with Crippen LogP contribution in [-0.4, -0.2) is 13.0 Å². The maximum Gasteiger partial charge on any atom is 0.239 e. The minimum atomic E-state index is -3.92. The molecule has 0 bridgehead atoms. The van der Waals surface area contributed by atoms with E-state index in [9.17, 15) is 8.42 Å². The molecule has 27 heavy (non-hydrogen) atoms. The highest BCUT2D eigenvalue weighted by Crippen LogP contribution is 2.31. The van der Waals surface area contributed by atoms with Gasteiger partial charge in [0.15, 0.2) is 4.80 Å². The van der Waals surface area contributed by atoms with Gasteiger partial charge in [-0.2, -0.15) is 0 Å². The Bertz CT molecular complexity index is 1140. The lowest BCUT2D eigenvalue weighted by atomic mass is 10.1. The summed E-state index contributed by atoms with van der Waals surface area (Å²) in [6, 6.07) is 14.5. The summed E-state index contributed by atoms with van der Waals surface area (Å²) >= 11 is 7.52. The van der Waals surface area contributed by atoms with Crippen molar-refractivity contribution in [3.8, 4) is 11.3 Å². The lowest BCUT2D eigenvalue weighted by molar-refractivity contribution is 0.392. The second-order valence-corrected chi connectivity index (χ2v) is 9.82. The van der Waals surface area contributed by atoms with Crippen LogP contribution in [-0.2, 0) is 15.6 Å². The Hall–Kier alpha value is -1.93. The molecule has 2 aromatic carbocycles. The minimum absolute atomic E-state index is 0.0881. The molecule has 0 amide bonds. The van der Waals surface area contributed by atoms with Crippen molar-refractivity contribution < 1.29 is 8.42 Å². The molecule has 0 aliphatic carbocycles. The first-order chi connectivity index (χ1) is 12.6. The van der Waals surface area contributed by atoms with Gasteiger partial charge in [-0.05, 0) is 45.0 Å². The molecule has 3 aromatic rings. The quantitative estimate of drug-likeness (QED) is 0.675. The number of nitrogens with two attached hydrogens (primary N) is 1. The number of benzene rings is 2. The highest BCUT2D eigenvalue weighted by atomic mass is 35.5. The molecule has 1 aromatic heterocycles. The van der Waals surface area contributed by atoms with E-state index >= 15 is 0 Å². The first kappa shape index (κ1) is 19.8.